The van der Waals surface area contributed by atoms with Gasteiger partial charge in [-0.25, -0.2) is 9.97 Å². The third-order valence-electron chi connectivity index (χ3n) is 3.95. The van der Waals surface area contributed by atoms with E-state index in [0.717, 1.165) is 39.9 Å². The molecule has 4 rings (SSSR count). The molecule has 0 saturated heterocycles. The highest BCUT2D eigenvalue weighted by Gasteiger charge is 2.13. The molecule has 0 spiro atoms. The van der Waals surface area contributed by atoms with Crippen molar-refractivity contribution in [1.82, 2.24) is 24.3 Å². The van der Waals surface area contributed by atoms with Gasteiger partial charge >= 0.3 is 0 Å². The van der Waals surface area contributed by atoms with Gasteiger partial charge in [0, 0.05) is 11.4 Å². The fourth-order valence-electron chi connectivity index (χ4n) is 2.79. The monoisotopic (exact) mass is 365 g/mol. The molecule has 0 N–H and O–H groups in total. The molecule has 2 aromatic carbocycles. The van der Waals surface area contributed by atoms with Gasteiger partial charge in [0.2, 0.25) is 0 Å². The van der Waals surface area contributed by atoms with Gasteiger partial charge in [0.1, 0.15) is 18.4 Å². The zero-order valence-corrected chi connectivity index (χ0v) is 15.3. The summed E-state index contributed by atoms with van der Waals surface area (Å²) >= 11 is 1.71. The molecule has 132 valence electrons. The lowest BCUT2D eigenvalue weighted by Gasteiger charge is -2.10. The van der Waals surface area contributed by atoms with Crippen LogP contribution in [0.1, 0.15) is 6.92 Å². The molecule has 26 heavy (non-hydrogen) atoms. The van der Waals surface area contributed by atoms with Crippen molar-refractivity contribution in [3.8, 4) is 11.4 Å². The van der Waals surface area contributed by atoms with Crippen molar-refractivity contribution in [3.63, 3.8) is 0 Å². The van der Waals surface area contributed by atoms with Crippen molar-refractivity contribution >= 4 is 22.8 Å². The number of aryl methyl sites for hydroxylation is 1. The van der Waals surface area contributed by atoms with E-state index in [-0.39, 0.29) is 0 Å². The predicted octanol–water partition coefficient (Wildman–Crippen LogP) is 3.81. The van der Waals surface area contributed by atoms with Crippen LogP contribution in [0.5, 0.6) is 5.75 Å². The van der Waals surface area contributed by atoms with E-state index in [1.807, 2.05) is 41.9 Å². The third-order valence-corrected chi connectivity index (χ3v) is 4.87. The number of hydrogen-bond acceptors (Lipinski definition) is 5. The number of aromatic nitrogens is 5. The van der Waals surface area contributed by atoms with Crippen molar-refractivity contribution < 1.29 is 4.74 Å². The molecular formula is C19H19N5OS. The Morgan fingerprint density at radius 1 is 1.08 bits per heavy atom. The van der Waals surface area contributed by atoms with E-state index >= 15 is 0 Å². The van der Waals surface area contributed by atoms with E-state index in [2.05, 4.69) is 32.8 Å². The number of ether oxygens (including phenoxy) is 1. The molecule has 2 aromatic heterocycles. The van der Waals surface area contributed by atoms with Gasteiger partial charge in [-0.05, 0) is 43.3 Å². The van der Waals surface area contributed by atoms with E-state index < -0.39 is 0 Å². The maximum Gasteiger partial charge on any atom is 0.173 e. The average molecular weight is 365 g/mol. The number of nitrogens with zero attached hydrogens (tertiary/aromatic N) is 5. The van der Waals surface area contributed by atoms with Crippen LogP contribution < -0.4 is 4.74 Å². The number of benzene rings is 2. The minimum atomic E-state index is 0.663. The van der Waals surface area contributed by atoms with Crippen LogP contribution in [0.4, 0.5) is 0 Å². The van der Waals surface area contributed by atoms with Crippen LogP contribution >= 0.6 is 11.8 Å². The number of imidazole rings is 1. The summed E-state index contributed by atoms with van der Waals surface area (Å²) in [6.45, 7) is 3.44. The summed E-state index contributed by atoms with van der Waals surface area (Å²) in [7, 11) is 0. The molecule has 0 fully saturated rings. The van der Waals surface area contributed by atoms with Gasteiger partial charge in [0.15, 0.2) is 5.16 Å². The quantitative estimate of drug-likeness (QED) is 0.466. The first-order valence-electron chi connectivity index (χ1n) is 8.51. The number of rotatable bonds is 7. The summed E-state index contributed by atoms with van der Waals surface area (Å²) in [6, 6.07) is 16.3. The second-order valence-corrected chi connectivity index (χ2v) is 6.71. The van der Waals surface area contributed by atoms with E-state index in [4.69, 9.17) is 9.72 Å². The molecule has 7 heteroatoms. The molecule has 0 saturated carbocycles. The van der Waals surface area contributed by atoms with Crippen molar-refractivity contribution in [2.24, 2.45) is 0 Å². The van der Waals surface area contributed by atoms with Crippen LogP contribution in [-0.4, -0.2) is 36.7 Å². The maximum absolute atomic E-state index is 5.56. The van der Waals surface area contributed by atoms with Gasteiger partial charge < -0.3 is 4.74 Å². The Bertz CT molecular complexity index is 979. The van der Waals surface area contributed by atoms with Crippen molar-refractivity contribution in [3.05, 3.63) is 61.2 Å². The Hall–Kier alpha value is -2.80. The molecule has 0 aliphatic carbocycles. The zero-order chi connectivity index (χ0) is 17.8. The highest BCUT2D eigenvalue weighted by molar-refractivity contribution is 7.99. The lowest BCUT2D eigenvalue weighted by Crippen LogP contribution is -2.02. The van der Waals surface area contributed by atoms with Crippen LogP contribution in [0.3, 0.4) is 0 Å². The molecule has 2 heterocycles. The van der Waals surface area contributed by atoms with Gasteiger partial charge in [-0.1, -0.05) is 23.9 Å². The second kappa shape index (κ2) is 7.61. The molecule has 0 aliphatic heterocycles. The summed E-state index contributed by atoms with van der Waals surface area (Å²) < 4.78 is 9.58. The summed E-state index contributed by atoms with van der Waals surface area (Å²) in [4.78, 5) is 8.80. The van der Waals surface area contributed by atoms with Crippen LogP contribution in [0, 0.1) is 0 Å². The van der Waals surface area contributed by atoms with E-state index in [9.17, 15) is 0 Å². The molecule has 0 radical (unpaired) electrons. The van der Waals surface area contributed by atoms with Gasteiger partial charge in [-0.15, -0.1) is 0 Å². The SMILES string of the molecule is CCOc1ccc(-n2c(SCCn3cncn3)nc3ccccc32)cc1. The van der Waals surface area contributed by atoms with E-state index in [1.54, 1.807) is 24.4 Å². The molecule has 6 nitrogen and oxygen atoms in total. The Morgan fingerprint density at radius 2 is 1.92 bits per heavy atom. The normalized spacial score (nSPS) is 11.1. The highest BCUT2D eigenvalue weighted by Crippen LogP contribution is 2.29. The number of fused-ring (bicyclic) bond motifs is 1. The van der Waals surface area contributed by atoms with Gasteiger partial charge in [0.25, 0.3) is 0 Å². The smallest absolute Gasteiger partial charge is 0.173 e. The van der Waals surface area contributed by atoms with Crippen LogP contribution in [0.25, 0.3) is 16.7 Å². The van der Waals surface area contributed by atoms with Crippen molar-refractivity contribution in [1.29, 1.82) is 0 Å². The standard InChI is InChI=1S/C19H19N5OS/c1-2-25-16-9-7-15(8-10-16)24-18-6-4-3-5-17(18)22-19(24)26-12-11-23-14-20-13-21-23/h3-10,13-14H,2,11-12H2,1H3. The minimum absolute atomic E-state index is 0.663. The summed E-state index contributed by atoms with van der Waals surface area (Å²) in [5.41, 5.74) is 3.16. The van der Waals surface area contributed by atoms with Gasteiger partial charge in [-0.3, -0.25) is 9.25 Å². The fraction of sp³-hybridized carbons (Fsp3) is 0.211. The first-order chi connectivity index (χ1) is 12.8. The molecule has 0 amide bonds. The summed E-state index contributed by atoms with van der Waals surface area (Å²) in [5, 5.41) is 5.12. The first-order valence-corrected chi connectivity index (χ1v) is 9.49. The zero-order valence-electron chi connectivity index (χ0n) is 14.4. The largest absolute Gasteiger partial charge is 0.494 e. The third kappa shape index (κ3) is 3.43. The van der Waals surface area contributed by atoms with Crippen LogP contribution in [-0.2, 0) is 6.54 Å². The molecule has 0 atom stereocenters. The lowest BCUT2D eigenvalue weighted by atomic mass is 10.2. The van der Waals surface area contributed by atoms with E-state index in [1.165, 1.54) is 0 Å². The van der Waals surface area contributed by atoms with Crippen molar-refractivity contribution in [2.75, 3.05) is 12.4 Å². The van der Waals surface area contributed by atoms with Crippen molar-refractivity contribution in [2.45, 2.75) is 18.6 Å². The number of thioether (sulfide) groups is 1. The average Bonchev–Trinajstić information content (AvgIpc) is 3.30. The topological polar surface area (TPSA) is 57.8 Å². The second-order valence-electron chi connectivity index (χ2n) is 5.65. The Balaban J connectivity index is 1.64. The number of hydrogen-bond donors (Lipinski definition) is 0. The molecule has 0 bridgehead atoms. The van der Waals surface area contributed by atoms with Gasteiger partial charge in [0.05, 0.1) is 24.2 Å². The van der Waals surface area contributed by atoms with E-state index in [0.29, 0.717) is 6.61 Å². The predicted molar refractivity (Wildman–Crippen MR) is 103 cm³/mol. The Kier molecular flexibility index (Phi) is 4.88. The Morgan fingerprint density at radius 3 is 2.69 bits per heavy atom. The molecule has 0 aliphatic rings. The number of para-hydroxylation sites is 2. The van der Waals surface area contributed by atoms with Crippen LogP contribution in [0.15, 0.2) is 66.3 Å². The molecular weight excluding hydrogens is 346 g/mol. The molecule has 4 aromatic rings. The molecule has 0 unspecified atom stereocenters. The Labute approximate surface area is 155 Å². The van der Waals surface area contributed by atoms with Gasteiger partial charge in [-0.2, -0.15) is 5.10 Å². The lowest BCUT2D eigenvalue weighted by molar-refractivity contribution is 0.340. The summed E-state index contributed by atoms with van der Waals surface area (Å²) in [5.74, 6) is 1.74. The van der Waals surface area contributed by atoms with Crippen LogP contribution in [0.2, 0.25) is 0 Å². The fourth-order valence-corrected chi connectivity index (χ4v) is 3.74. The summed E-state index contributed by atoms with van der Waals surface area (Å²) in [6.07, 6.45) is 3.29. The maximum atomic E-state index is 5.56. The first kappa shape index (κ1) is 16.7. The highest BCUT2D eigenvalue weighted by atomic mass is 32.2. The minimum Gasteiger partial charge on any atom is -0.494 e.